The molecule has 0 saturated heterocycles. The van der Waals surface area contributed by atoms with E-state index in [0.29, 0.717) is 6.42 Å². The quantitative estimate of drug-likeness (QED) is 0.215. The molecule has 0 unspecified atom stereocenters. The van der Waals surface area contributed by atoms with Crippen LogP contribution in [0.1, 0.15) is 6.42 Å². The third kappa shape index (κ3) is 6.62. The van der Waals surface area contributed by atoms with Gasteiger partial charge in [-0.3, -0.25) is 4.18 Å². The van der Waals surface area contributed by atoms with Crippen molar-refractivity contribution < 1.29 is 36.0 Å². The zero-order valence-electron chi connectivity index (χ0n) is 12.4. The van der Waals surface area contributed by atoms with Gasteiger partial charge in [0, 0.05) is 0 Å². The van der Waals surface area contributed by atoms with E-state index in [1.54, 1.807) is 0 Å². The monoisotopic (exact) mass is 330 g/mol. The molecule has 0 bridgehead atoms. The third-order valence-electron chi connectivity index (χ3n) is 2.89. The average molecular weight is 330 g/mol. The summed E-state index contributed by atoms with van der Waals surface area (Å²) >= 11 is 0. The topological polar surface area (TPSA) is 66.4 Å². The van der Waals surface area contributed by atoms with Crippen LogP contribution in [0.25, 0.3) is 0 Å². The van der Waals surface area contributed by atoms with Crippen molar-refractivity contribution in [3.8, 4) is 0 Å². The van der Waals surface area contributed by atoms with Crippen molar-refractivity contribution in [3.63, 3.8) is 0 Å². The van der Waals surface area contributed by atoms with Crippen molar-refractivity contribution >= 4 is 28.9 Å². The Balaban J connectivity index is 0.00000242. The second-order valence-corrected chi connectivity index (χ2v) is 7.79. The number of rotatable bonds is 7. The standard InChI is InChI=1S/C15H17O4PS.Li/c16-21(17,18)19-12-7-13-20(14-8-3-1-4-9-14)15-10-5-2-6-11-15;/h1-6,8-11H,7,12-13H2,(H,16,17,18);/q;+1/p-1. The Morgan fingerprint density at radius 1 is 0.909 bits per heavy atom. The maximum absolute atomic E-state index is 10.4. The maximum atomic E-state index is 10.4. The molecule has 0 aliphatic rings. The zero-order chi connectivity index (χ0) is 15.1. The van der Waals surface area contributed by atoms with Crippen LogP contribution in [0.5, 0.6) is 0 Å². The summed E-state index contributed by atoms with van der Waals surface area (Å²) in [5.74, 6) is 0. The minimum Gasteiger partial charge on any atom is -0.726 e. The van der Waals surface area contributed by atoms with Gasteiger partial charge in [-0.2, -0.15) is 0 Å². The van der Waals surface area contributed by atoms with Crippen LogP contribution >= 0.6 is 7.92 Å². The summed E-state index contributed by atoms with van der Waals surface area (Å²) in [6.07, 6.45) is 1.30. The van der Waals surface area contributed by atoms with E-state index in [1.165, 1.54) is 10.6 Å². The summed E-state index contributed by atoms with van der Waals surface area (Å²) in [6, 6.07) is 20.2. The van der Waals surface area contributed by atoms with Crippen LogP contribution in [0, 0.1) is 0 Å². The van der Waals surface area contributed by atoms with Crippen molar-refractivity contribution in [1.82, 2.24) is 0 Å². The normalized spacial score (nSPS) is 11.2. The Bertz CT molecular complexity index is 610. The first-order chi connectivity index (χ1) is 10.1. The Hall–Kier alpha value is -0.663. The summed E-state index contributed by atoms with van der Waals surface area (Å²) < 4.78 is 35.6. The van der Waals surface area contributed by atoms with E-state index in [0.717, 1.165) is 6.16 Å². The fraction of sp³-hybridized carbons (Fsp3) is 0.200. The summed E-state index contributed by atoms with van der Waals surface area (Å²) in [6.45, 7) is -0.0651. The fourth-order valence-electron chi connectivity index (χ4n) is 2.01. The fourth-order valence-corrected chi connectivity index (χ4v) is 4.65. The van der Waals surface area contributed by atoms with Gasteiger partial charge in [0.15, 0.2) is 0 Å². The van der Waals surface area contributed by atoms with Gasteiger partial charge in [0.25, 0.3) is 0 Å². The van der Waals surface area contributed by atoms with Gasteiger partial charge in [-0.25, -0.2) is 8.42 Å². The molecule has 2 aromatic carbocycles. The largest absolute Gasteiger partial charge is 1.00 e. The molecule has 0 aliphatic heterocycles. The molecule has 2 rings (SSSR count). The third-order valence-corrected chi connectivity index (χ3v) is 5.95. The second kappa shape index (κ2) is 9.47. The molecule has 0 aromatic heterocycles. The zero-order valence-corrected chi connectivity index (χ0v) is 14.1. The molecular formula is C15H16LiO4PS. The van der Waals surface area contributed by atoms with Crippen LogP contribution in [0.2, 0.25) is 0 Å². The predicted molar refractivity (Wildman–Crippen MR) is 84.2 cm³/mol. The summed E-state index contributed by atoms with van der Waals surface area (Å²) in [7, 11) is -5.17. The predicted octanol–water partition coefficient (Wildman–Crippen LogP) is -1.01. The molecular weight excluding hydrogens is 314 g/mol. The molecule has 112 valence electrons. The van der Waals surface area contributed by atoms with Crippen LogP contribution in [0.3, 0.4) is 0 Å². The Morgan fingerprint density at radius 3 is 1.77 bits per heavy atom. The molecule has 0 saturated carbocycles. The molecule has 0 aliphatic carbocycles. The molecule has 0 atom stereocenters. The number of benzene rings is 2. The van der Waals surface area contributed by atoms with Crippen LogP contribution in [0.4, 0.5) is 0 Å². The van der Waals surface area contributed by atoms with Crippen LogP contribution < -0.4 is 29.5 Å². The van der Waals surface area contributed by atoms with Crippen LogP contribution in [0.15, 0.2) is 60.7 Å². The number of hydrogen-bond donors (Lipinski definition) is 0. The summed E-state index contributed by atoms with van der Waals surface area (Å²) in [5.41, 5.74) is 0. The van der Waals surface area contributed by atoms with Crippen LogP contribution in [-0.4, -0.2) is 25.7 Å². The van der Waals surface area contributed by atoms with E-state index < -0.39 is 18.3 Å². The molecule has 0 radical (unpaired) electrons. The molecule has 7 heteroatoms. The van der Waals surface area contributed by atoms with Gasteiger partial charge in [-0.1, -0.05) is 60.7 Å². The van der Waals surface area contributed by atoms with E-state index >= 15 is 0 Å². The second-order valence-electron chi connectivity index (χ2n) is 4.41. The summed E-state index contributed by atoms with van der Waals surface area (Å²) in [4.78, 5) is 0. The Labute approximate surface area is 144 Å². The van der Waals surface area contributed by atoms with Gasteiger partial charge < -0.3 is 4.55 Å². The molecule has 2 aromatic rings. The number of hydrogen-bond acceptors (Lipinski definition) is 4. The Kier molecular flexibility index (Phi) is 8.34. The first-order valence-electron chi connectivity index (χ1n) is 6.54. The minimum absolute atomic E-state index is 0. The molecule has 22 heavy (non-hydrogen) atoms. The maximum Gasteiger partial charge on any atom is 1.00 e. The van der Waals surface area contributed by atoms with Crippen molar-refractivity contribution in [3.05, 3.63) is 60.7 Å². The first kappa shape index (κ1) is 19.4. The van der Waals surface area contributed by atoms with Crippen molar-refractivity contribution in [2.75, 3.05) is 12.8 Å². The smallest absolute Gasteiger partial charge is 0.726 e. The van der Waals surface area contributed by atoms with E-state index in [1.807, 2.05) is 36.4 Å². The first-order valence-corrected chi connectivity index (χ1v) is 9.40. The van der Waals surface area contributed by atoms with E-state index in [-0.39, 0.29) is 25.5 Å². The molecule has 4 nitrogen and oxygen atoms in total. The molecule has 0 fully saturated rings. The van der Waals surface area contributed by atoms with Crippen molar-refractivity contribution in [2.45, 2.75) is 6.42 Å². The van der Waals surface area contributed by atoms with Gasteiger partial charge in [0.05, 0.1) is 6.61 Å². The van der Waals surface area contributed by atoms with Crippen molar-refractivity contribution in [1.29, 1.82) is 0 Å². The van der Waals surface area contributed by atoms with Gasteiger partial charge in [-0.05, 0) is 31.1 Å². The van der Waals surface area contributed by atoms with E-state index in [2.05, 4.69) is 28.4 Å². The van der Waals surface area contributed by atoms with Gasteiger partial charge in [-0.15, -0.1) is 0 Å². The molecule has 0 spiro atoms. The SMILES string of the molecule is O=S(=O)([O-])OCCCP(c1ccccc1)c1ccccc1.[Li+]. The molecule has 0 amide bonds. The van der Waals surface area contributed by atoms with Gasteiger partial charge in [0.1, 0.15) is 0 Å². The minimum atomic E-state index is -4.59. The average Bonchev–Trinajstić information content (AvgIpc) is 2.48. The summed E-state index contributed by atoms with van der Waals surface area (Å²) in [5, 5.41) is 2.45. The molecule has 0 heterocycles. The molecule has 0 N–H and O–H groups in total. The van der Waals surface area contributed by atoms with E-state index in [4.69, 9.17) is 0 Å². The van der Waals surface area contributed by atoms with Gasteiger partial charge in [0.2, 0.25) is 10.4 Å². The van der Waals surface area contributed by atoms with Crippen LogP contribution in [-0.2, 0) is 14.6 Å². The Morgan fingerprint density at radius 2 is 1.36 bits per heavy atom. The van der Waals surface area contributed by atoms with Crippen molar-refractivity contribution in [2.24, 2.45) is 0 Å². The van der Waals surface area contributed by atoms with Gasteiger partial charge >= 0.3 is 18.9 Å². The van der Waals surface area contributed by atoms with E-state index in [9.17, 15) is 13.0 Å².